The first-order valence-electron chi connectivity index (χ1n) is 3.32. The van der Waals surface area contributed by atoms with Crippen molar-refractivity contribution >= 4 is 5.78 Å². The van der Waals surface area contributed by atoms with Gasteiger partial charge < -0.3 is 4.98 Å². The Hall–Kier alpha value is -1.38. The van der Waals surface area contributed by atoms with E-state index >= 15 is 0 Å². The monoisotopic (exact) mass is 151 g/mol. The average Bonchev–Trinajstić information content (AvgIpc) is 1.85. The van der Waals surface area contributed by atoms with E-state index in [9.17, 15) is 9.59 Å². The molecule has 0 saturated heterocycles. The first kappa shape index (κ1) is 7.72. The first-order chi connectivity index (χ1) is 5.13. The summed E-state index contributed by atoms with van der Waals surface area (Å²) in [6.45, 7) is 3.13. The molecule has 0 spiro atoms. The number of carbonyl (C=O) groups is 1. The summed E-state index contributed by atoms with van der Waals surface area (Å²) in [5.41, 5.74) is 0.672. The van der Waals surface area contributed by atoms with Crippen molar-refractivity contribution in [2.24, 2.45) is 0 Å². The van der Waals surface area contributed by atoms with Gasteiger partial charge in [0.15, 0.2) is 5.78 Å². The fourth-order valence-corrected chi connectivity index (χ4v) is 1.01. The van der Waals surface area contributed by atoms with Crippen molar-refractivity contribution in [2.75, 3.05) is 0 Å². The molecule has 3 heteroatoms. The summed E-state index contributed by atoms with van der Waals surface area (Å²) in [4.78, 5) is 24.3. The van der Waals surface area contributed by atoms with Gasteiger partial charge >= 0.3 is 0 Å². The van der Waals surface area contributed by atoms with Gasteiger partial charge in [0.05, 0.1) is 5.56 Å². The molecule has 0 unspecified atom stereocenters. The molecule has 3 nitrogen and oxygen atoms in total. The molecule has 58 valence electrons. The highest BCUT2D eigenvalue weighted by atomic mass is 16.1. The van der Waals surface area contributed by atoms with Crippen LogP contribution in [-0.4, -0.2) is 10.8 Å². The Labute approximate surface area is 64.1 Å². The van der Waals surface area contributed by atoms with Gasteiger partial charge in [-0.05, 0) is 25.5 Å². The fourth-order valence-electron chi connectivity index (χ4n) is 1.01. The lowest BCUT2D eigenvalue weighted by atomic mass is 10.1. The van der Waals surface area contributed by atoms with E-state index in [2.05, 4.69) is 4.98 Å². The molecular formula is C8H9NO2. The van der Waals surface area contributed by atoms with Gasteiger partial charge in [0.2, 0.25) is 0 Å². The van der Waals surface area contributed by atoms with Crippen LogP contribution in [0.15, 0.2) is 17.1 Å². The maximum Gasteiger partial charge on any atom is 0.259 e. The summed E-state index contributed by atoms with van der Waals surface area (Å²) >= 11 is 0. The quantitative estimate of drug-likeness (QED) is 0.606. The van der Waals surface area contributed by atoms with Crippen LogP contribution >= 0.6 is 0 Å². The molecule has 0 aromatic carbocycles. The van der Waals surface area contributed by atoms with Gasteiger partial charge in [-0.2, -0.15) is 0 Å². The van der Waals surface area contributed by atoms with Crippen LogP contribution in [-0.2, 0) is 0 Å². The summed E-state index contributed by atoms with van der Waals surface area (Å²) < 4.78 is 0. The zero-order valence-electron chi connectivity index (χ0n) is 6.47. The SMILES string of the molecule is CC(=O)c1c(C)cc[nH]c1=O. The van der Waals surface area contributed by atoms with Crippen LogP contribution in [0.1, 0.15) is 22.8 Å². The molecule has 11 heavy (non-hydrogen) atoms. The molecule has 0 aliphatic heterocycles. The van der Waals surface area contributed by atoms with Crippen molar-refractivity contribution in [1.29, 1.82) is 0 Å². The minimum Gasteiger partial charge on any atom is -0.328 e. The van der Waals surface area contributed by atoms with E-state index in [1.807, 2.05) is 0 Å². The van der Waals surface area contributed by atoms with E-state index in [0.717, 1.165) is 5.56 Å². The molecule has 0 atom stereocenters. The molecule has 1 N–H and O–H groups in total. The number of nitrogens with one attached hydrogen (secondary N) is 1. The number of H-pyrrole nitrogens is 1. The van der Waals surface area contributed by atoms with Crippen LogP contribution in [0.25, 0.3) is 0 Å². The molecule has 0 aliphatic carbocycles. The standard InChI is InChI=1S/C8H9NO2/c1-5-3-4-9-8(11)7(5)6(2)10/h3-4H,1-2H3,(H,9,11). The van der Waals surface area contributed by atoms with Crippen LogP contribution in [0.3, 0.4) is 0 Å². The number of carbonyl (C=O) groups excluding carboxylic acids is 1. The lowest BCUT2D eigenvalue weighted by molar-refractivity contribution is 0.101. The second-order valence-corrected chi connectivity index (χ2v) is 2.42. The number of ketones is 1. The third kappa shape index (κ3) is 1.37. The van der Waals surface area contributed by atoms with Crippen LogP contribution in [0.5, 0.6) is 0 Å². The van der Waals surface area contributed by atoms with E-state index < -0.39 is 0 Å². The smallest absolute Gasteiger partial charge is 0.259 e. The van der Waals surface area contributed by atoms with Gasteiger partial charge in [0.1, 0.15) is 0 Å². The Kier molecular flexibility index (Phi) is 1.89. The van der Waals surface area contributed by atoms with Gasteiger partial charge in [-0.15, -0.1) is 0 Å². The molecule has 1 heterocycles. The highest BCUT2D eigenvalue weighted by molar-refractivity contribution is 5.94. The third-order valence-corrected chi connectivity index (χ3v) is 1.52. The van der Waals surface area contributed by atoms with E-state index in [1.54, 1.807) is 13.0 Å². The Morgan fingerprint density at radius 3 is 2.55 bits per heavy atom. The molecule has 0 bridgehead atoms. The Bertz CT molecular complexity index is 338. The molecule has 0 amide bonds. The van der Waals surface area contributed by atoms with E-state index in [4.69, 9.17) is 0 Å². The summed E-state index contributed by atoms with van der Waals surface area (Å²) in [6, 6.07) is 1.71. The zero-order chi connectivity index (χ0) is 8.43. The fraction of sp³-hybridized carbons (Fsp3) is 0.250. The van der Waals surface area contributed by atoms with Gasteiger partial charge in [-0.25, -0.2) is 0 Å². The molecule has 0 saturated carbocycles. The molecule has 1 rings (SSSR count). The predicted octanol–water partition coefficient (Wildman–Crippen LogP) is 0.886. The highest BCUT2D eigenvalue weighted by Gasteiger charge is 2.06. The van der Waals surface area contributed by atoms with Crippen molar-refractivity contribution in [1.82, 2.24) is 4.98 Å². The number of Topliss-reactive ketones (excluding diaryl/α,β-unsaturated/α-hetero) is 1. The summed E-state index contributed by atoms with van der Waals surface area (Å²) in [6.07, 6.45) is 1.53. The minimum atomic E-state index is -0.308. The third-order valence-electron chi connectivity index (χ3n) is 1.52. The zero-order valence-corrected chi connectivity index (χ0v) is 6.47. The maximum atomic E-state index is 11.0. The van der Waals surface area contributed by atoms with Gasteiger partial charge in [-0.1, -0.05) is 0 Å². The van der Waals surface area contributed by atoms with Gasteiger partial charge in [0, 0.05) is 6.20 Å². The van der Waals surface area contributed by atoms with Crippen molar-refractivity contribution in [3.05, 3.63) is 33.7 Å². The first-order valence-corrected chi connectivity index (χ1v) is 3.32. The van der Waals surface area contributed by atoms with Crippen LogP contribution in [0.2, 0.25) is 0 Å². The van der Waals surface area contributed by atoms with Crippen molar-refractivity contribution < 1.29 is 4.79 Å². The lowest BCUT2D eigenvalue weighted by Gasteiger charge is -1.96. The van der Waals surface area contributed by atoms with Crippen molar-refractivity contribution in [3.63, 3.8) is 0 Å². The van der Waals surface area contributed by atoms with Gasteiger partial charge in [0.25, 0.3) is 5.56 Å². The molecule has 1 aromatic rings. The summed E-state index contributed by atoms with van der Waals surface area (Å²) in [5, 5.41) is 0. The number of rotatable bonds is 1. The summed E-state index contributed by atoms with van der Waals surface area (Å²) in [5.74, 6) is -0.190. The van der Waals surface area contributed by atoms with Crippen molar-refractivity contribution in [3.8, 4) is 0 Å². The number of pyridine rings is 1. The molecule has 0 aliphatic rings. The van der Waals surface area contributed by atoms with Crippen molar-refractivity contribution in [2.45, 2.75) is 13.8 Å². The Morgan fingerprint density at radius 2 is 2.18 bits per heavy atom. The maximum absolute atomic E-state index is 11.0. The largest absolute Gasteiger partial charge is 0.328 e. The number of hydrogen-bond donors (Lipinski definition) is 1. The Morgan fingerprint density at radius 1 is 1.55 bits per heavy atom. The lowest BCUT2D eigenvalue weighted by Crippen LogP contribution is -2.16. The second kappa shape index (κ2) is 2.70. The molecule has 0 radical (unpaired) electrons. The summed E-state index contributed by atoms with van der Waals surface area (Å²) in [7, 11) is 0. The Balaban J connectivity index is 3.45. The second-order valence-electron chi connectivity index (χ2n) is 2.42. The predicted molar refractivity (Wildman–Crippen MR) is 41.8 cm³/mol. The number of aromatic amines is 1. The topological polar surface area (TPSA) is 49.9 Å². The number of aromatic nitrogens is 1. The van der Waals surface area contributed by atoms with E-state index in [0.29, 0.717) is 0 Å². The minimum absolute atomic E-state index is 0.190. The number of hydrogen-bond acceptors (Lipinski definition) is 2. The van der Waals surface area contributed by atoms with Gasteiger partial charge in [-0.3, -0.25) is 9.59 Å². The molecule has 0 fully saturated rings. The van der Waals surface area contributed by atoms with E-state index in [1.165, 1.54) is 13.1 Å². The van der Waals surface area contributed by atoms with Crippen LogP contribution < -0.4 is 5.56 Å². The number of aryl methyl sites for hydroxylation is 1. The normalized spacial score (nSPS) is 9.64. The van der Waals surface area contributed by atoms with E-state index in [-0.39, 0.29) is 16.9 Å². The highest BCUT2D eigenvalue weighted by Crippen LogP contribution is 1.99. The van der Waals surface area contributed by atoms with Crippen LogP contribution in [0.4, 0.5) is 0 Å². The van der Waals surface area contributed by atoms with Crippen LogP contribution in [0, 0.1) is 6.92 Å². The molecular weight excluding hydrogens is 142 g/mol. The average molecular weight is 151 g/mol. The molecule has 1 aromatic heterocycles.